The van der Waals surface area contributed by atoms with Gasteiger partial charge in [-0.25, -0.2) is 0 Å². The van der Waals surface area contributed by atoms with Crippen molar-refractivity contribution in [2.45, 2.75) is 13.8 Å². The first kappa shape index (κ1) is 15.8. The lowest BCUT2D eigenvalue weighted by molar-refractivity contribution is 0.101. The highest BCUT2D eigenvalue weighted by molar-refractivity contribution is 5.94. The number of carbonyl (C=O) groups is 1. The average Bonchev–Trinajstić information content (AvgIpc) is 2.59. The first-order valence-corrected chi connectivity index (χ1v) is 7.73. The van der Waals surface area contributed by atoms with Gasteiger partial charge in [0.2, 0.25) is 0 Å². The van der Waals surface area contributed by atoms with Gasteiger partial charge >= 0.3 is 0 Å². The normalized spacial score (nSPS) is 10.2. The van der Waals surface area contributed by atoms with Crippen LogP contribution in [0, 0.1) is 6.92 Å². The maximum Gasteiger partial charge on any atom is 0.159 e. The van der Waals surface area contributed by atoms with Crippen molar-refractivity contribution in [3.05, 3.63) is 83.9 Å². The molecule has 0 amide bonds. The molecule has 0 spiro atoms. The van der Waals surface area contributed by atoms with Crippen LogP contribution in [0.2, 0.25) is 0 Å². The molecule has 3 aromatic rings. The zero-order valence-corrected chi connectivity index (χ0v) is 13.7. The first-order valence-electron chi connectivity index (χ1n) is 7.73. The number of Topliss-reactive ketones (excluding diaryl/α,β-unsaturated/α-hetero) is 1. The van der Waals surface area contributed by atoms with Gasteiger partial charge in [-0.1, -0.05) is 29.8 Å². The van der Waals surface area contributed by atoms with Crippen LogP contribution in [0.25, 0.3) is 0 Å². The molecule has 0 fully saturated rings. The molecule has 120 valence electrons. The second-order valence-corrected chi connectivity index (χ2v) is 5.57. The predicted octanol–water partition coefficient (Wildman–Crippen LogP) is 5.78. The molecule has 0 radical (unpaired) electrons. The highest BCUT2D eigenvalue weighted by Gasteiger charge is 2.03. The van der Waals surface area contributed by atoms with E-state index in [1.54, 1.807) is 18.2 Å². The van der Waals surface area contributed by atoms with E-state index < -0.39 is 0 Å². The molecule has 0 saturated heterocycles. The second kappa shape index (κ2) is 7.01. The van der Waals surface area contributed by atoms with Crippen molar-refractivity contribution >= 4 is 5.78 Å². The van der Waals surface area contributed by atoms with Crippen molar-refractivity contribution in [2.75, 3.05) is 0 Å². The Hall–Kier alpha value is -3.07. The Morgan fingerprint density at radius 3 is 1.75 bits per heavy atom. The third-order valence-corrected chi connectivity index (χ3v) is 3.56. The molecule has 0 aliphatic carbocycles. The van der Waals surface area contributed by atoms with Crippen LogP contribution in [0.15, 0.2) is 72.8 Å². The predicted molar refractivity (Wildman–Crippen MR) is 94.2 cm³/mol. The maximum atomic E-state index is 11.4. The number of carbonyl (C=O) groups excluding carboxylic acids is 1. The van der Waals surface area contributed by atoms with Crippen molar-refractivity contribution in [1.82, 2.24) is 0 Å². The van der Waals surface area contributed by atoms with Gasteiger partial charge in [0.25, 0.3) is 0 Å². The number of benzene rings is 3. The summed E-state index contributed by atoms with van der Waals surface area (Å²) in [5.41, 5.74) is 1.82. The van der Waals surface area contributed by atoms with E-state index in [1.807, 2.05) is 61.5 Å². The molecule has 0 aliphatic heterocycles. The van der Waals surface area contributed by atoms with E-state index in [-0.39, 0.29) is 5.78 Å². The van der Waals surface area contributed by atoms with Crippen LogP contribution in [-0.2, 0) is 0 Å². The number of ether oxygens (including phenoxy) is 2. The molecule has 0 unspecified atom stereocenters. The Morgan fingerprint density at radius 2 is 1.21 bits per heavy atom. The lowest BCUT2D eigenvalue weighted by atomic mass is 10.1. The van der Waals surface area contributed by atoms with E-state index in [0.29, 0.717) is 17.1 Å². The van der Waals surface area contributed by atoms with Gasteiger partial charge in [0.15, 0.2) is 5.78 Å². The van der Waals surface area contributed by atoms with Crippen LogP contribution in [0.3, 0.4) is 0 Å². The van der Waals surface area contributed by atoms with Gasteiger partial charge in [-0.05, 0) is 62.4 Å². The molecule has 0 heterocycles. The topological polar surface area (TPSA) is 35.5 Å². The largest absolute Gasteiger partial charge is 0.457 e. The van der Waals surface area contributed by atoms with Crippen molar-refractivity contribution in [2.24, 2.45) is 0 Å². The van der Waals surface area contributed by atoms with Gasteiger partial charge in [0.1, 0.15) is 23.0 Å². The summed E-state index contributed by atoms with van der Waals surface area (Å²) in [7, 11) is 0. The standard InChI is InChI=1S/C21H18O3/c1-15-6-8-18(9-7-15)23-19-10-12-20(13-11-19)24-21-5-3-4-17(14-21)16(2)22/h3-14H,1-2H3. The van der Waals surface area contributed by atoms with E-state index in [0.717, 1.165) is 11.5 Å². The molecule has 3 rings (SSSR count). The summed E-state index contributed by atoms with van der Waals surface area (Å²) in [5.74, 6) is 2.87. The Bertz CT molecular complexity index is 834. The second-order valence-electron chi connectivity index (χ2n) is 5.57. The zero-order valence-electron chi connectivity index (χ0n) is 13.7. The van der Waals surface area contributed by atoms with Gasteiger partial charge in [0, 0.05) is 5.56 Å². The summed E-state index contributed by atoms with van der Waals surface area (Å²) in [6.45, 7) is 3.58. The van der Waals surface area contributed by atoms with Crippen molar-refractivity contribution in [1.29, 1.82) is 0 Å². The average molecular weight is 318 g/mol. The zero-order chi connectivity index (χ0) is 16.9. The highest BCUT2D eigenvalue weighted by atomic mass is 16.5. The molecular weight excluding hydrogens is 300 g/mol. The molecule has 0 bridgehead atoms. The smallest absolute Gasteiger partial charge is 0.159 e. The molecule has 0 N–H and O–H groups in total. The molecule has 3 aromatic carbocycles. The number of aryl methyl sites for hydroxylation is 1. The molecule has 3 nitrogen and oxygen atoms in total. The SMILES string of the molecule is CC(=O)c1cccc(Oc2ccc(Oc3ccc(C)cc3)cc2)c1. The van der Waals surface area contributed by atoms with Crippen molar-refractivity contribution in [3.63, 3.8) is 0 Å². The molecule has 24 heavy (non-hydrogen) atoms. The Kier molecular flexibility index (Phi) is 4.62. The Balaban J connectivity index is 1.69. The van der Waals surface area contributed by atoms with E-state index in [2.05, 4.69) is 0 Å². The molecule has 0 aromatic heterocycles. The highest BCUT2D eigenvalue weighted by Crippen LogP contribution is 2.27. The minimum Gasteiger partial charge on any atom is -0.457 e. The van der Waals surface area contributed by atoms with E-state index in [4.69, 9.17) is 9.47 Å². The Labute approximate surface area is 141 Å². The summed E-state index contributed by atoms with van der Waals surface area (Å²) in [5, 5.41) is 0. The fraction of sp³-hybridized carbons (Fsp3) is 0.0952. The van der Waals surface area contributed by atoms with Crippen molar-refractivity contribution in [3.8, 4) is 23.0 Å². The van der Waals surface area contributed by atoms with E-state index >= 15 is 0 Å². The van der Waals surface area contributed by atoms with Gasteiger partial charge in [-0.15, -0.1) is 0 Å². The lowest BCUT2D eigenvalue weighted by Gasteiger charge is -2.09. The number of rotatable bonds is 5. The minimum absolute atomic E-state index is 0.0160. The van der Waals surface area contributed by atoms with Crippen LogP contribution in [0.5, 0.6) is 23.0 Å². The fourth-order valence-electron chi connectivity index (χ4n) is 2.23. The van der Waals surface area contributed by atoms with E-state index in [9.17, 15) is 4.79 Å². The maximum absolute atomic E-state index is 11.4. The third-order valence-electron chi connectivity index (χ3n) is 3.56. The third kappa shape index (κ3) is 4.02. The molecule has 0 atom stereocenters. The summed E-state index contributed by atoms with van der Waals surface area (Å²) < 4.78 is 11.6. The monoisotopic (exact) mass is 318 g/mol. The summed E-state index contributed by atoms with van der Waals surface area (Å²) in [4.78, 5) is 11.4. The lowest BCUT2D eigenvalue weighted by Crippen LogP contribution is -1.92. The summed E-state index contributed by atoms with van der Waals surface area (Å²) >= 11 is 0. The van der Waals surface area contributed by atoms with Gasteiger partial charge in [-0.2, -0.15) is 0 Å². The fourth-order valence-corrected chi connectivity index (χ4v) is 2.23. The van der Waals surface area contributed by atoms with Crippen LogP contribution in [-0.4, -0.2) is 5.78 Å². The quantitative estimate of drug-likeness (QED) is 0.559. The number of ketones is 1. The molecule has 0 aliphatic rings. The van der Waals surface area contributed by atoms with Gasteiger partial charge < -0.3 is 9.47 Å². The van der Waals surface area contributed by atoms with Crippen molar-refractivity contribution < 1.29 is 14.3 Å². The number of hydrogen-bond acceptors (Lipinski definition) is 3. The number of hydrogen-bond donors (Lipinski definition) is 0. The van der Waals surface area contributed by atoms with Crippen LogP contribution in [0.4, 0.5) is 0 Å². The van der Waals surface area contributed by atoms with Gasteiger partial charge in [0.05, 0.1) is 0 Å². The summed E-state index contributed by atoms with van der Waals surface area (Å²) in [6.07, 6.45) is 0. The summed E-state index contributed by atoms with van der Waals surface area (Å²) in [6, 6.07) is 22.4. The van der Waals surface area contributed by atoms with E-state index in [1.165, 1.54) is 12.5 Å². The van der Waals surface area contributed by atoms with Crippen LogP contribution in [0.1, 0.15) is 22.8 Å². The Morgan fingerprint density at radius 1 is 0.708 bits per heavy atom. The molecule has 0 saturated carbocycles. The molecule has 3 heteroatoms. The molecular formula is C21H18O3. The van der Waals surface area contributed by atoms with Gasteiger partial charge in [-0.3, -0.25) is 4.79 Å². The minimum atomic E-state index is 0.0160. The van der Waals surface area contributed by atoms with Crippen LogP contribution >= 0.6 is 0 Å². The first-order chi connectivity index (χ1) is 11.6. The van der Waals surface area contributed by atoms with Crippen LogP contribution < -0.4 is 9.47 Å².